The molecule has 3 heteroatoms. The van der Waals surface area contributed by atoms with E-state index in [4.69, 9.17) is 4.98 Å². The second kappa shape index (κ2) is 6.16. The fourth-order valence-corrected chi connectivity index (χ4v) is 3.99. The van der Waals surface area contributed by atoms with E-state index in [9.17, 15) is 0 Å². The third-order valence-corrected chi connectivity index (χ3v) is 5.57. The fraction of sp³-hybridized carbons (Fsp3) is 0.800. The van der Waals surface area contributed by atoms with Crippen molar-refractivity contribution in [2.75, 3.05) is 7.05 Å². The summed E-state index contributed by atoms with van der Waals surface area (Å²) in [6, 6.07) is 0. The van der Waals surface area contributed by atoms with Crippen molar-refractivity contribution in [3.8, 4) is 0 Å². The summed E-state index contributed by atoms with van der Waals surface area (Å²) >= 11 is 1.95. The van der Waals surface area contributed by atoms with Gasteiger partial charge in [0.25, 0.3) is 0 Å². The van der Waals surface area contributed by atoms with E-state index < -0.39 is 0 Å². The normalized spacial score (nSPS) is 18.4. The maximum absolute atomic E-state index is 4.93. The Bertz CT molecular complexity index is 362. The van der Waals surface area contributed by atoms with Crippen LogP contribution in [0.15, 0.2) is 0 Å². The highest BCUT2D eigenvalue weighted by molar-refractivity contribution is 7.11. The van der Waals surface area contributed by atoms with Crippen LogP contribution in [0.4, 0.5) is 0 Å². The first-order chi connectivity index (χ1) is 8.69. The van der Waals surface area contributed by atoms with Gasteiger partial charge in [-0.2, -0.15) is 0 Å². The average molecular weight is 266 g/mol. The van der Waals surface area contributed by atoms with Gasteiger partial charge in [0, 0.05) is 4.88 Å². The van der Waals surface area contributed by atoms with E-state index in [1.165, 1.54) is 62.1 Å². The molecular weight excluding hydrogens is 240 g/mol. The van der Waals surface area contributed by atoms with E-state index >= 15 is 0 Å². The van der Waals surface area contributed by atoms with Gasteiger partial charge in [-0.1, -0.05) is 26.2 Å². The molecule has 1 aromatic heterocycles. The Kier molecular flexibility index (Phi) is 4.79. The van der Waals surface area contributed by atoms with E-state index in [-0.39, 0.29) is 5.54 Å². The van der Waals surface area contributed by atoms with Gasteiger partial charge in [0.15, 0.2) is 0 Å². The maximum Gasteiger partial charge on any atom is 0.113 e. The summed E-state index contributed by atoms with van der Waals surface area (Å²) in [7, 11) is 2.08. The van der Waals surface area contributed by atoms with Gasteiger partial charge >= 0.3 is 0 Å². The summed E-state index contributed by atoms with van der Waals surface area (Å²) in [4.78, 5) is 6.48. The Hall–Kier alpha value is -0.410. The second-order valence-electron chi connectivity index (χ2n) is 5.64. The van der Waals surface area contributed by atoms with Crippen LogP contribution < -0.4 is 5.32 Å². The molecule has 0 spiro atoms. The molecule has 1 heterocycles. The number of hydrogen-bond acceptors (Lipinski definition) is 3. The molecule has 2 rings (SSSR count). The Balaban J connectivity index is 2.13. The van der Waals surface area contributed by atoms with Gasteiger partial charge in [-0.15, -0.1) is 11.3 Å². The van der Waals surface area contributed by atoms with Crippen molar-refractivity contribution in [2.24, 2.45) is 0 Å². The smallest absolute Gasteiger partial charge is 0.113 e. The number of rotatable bonds is 6. The zero-order valence-corrected chi connectivity index (χ0v) is 12.8. The van der Waals surface area contributed by atoms with Gasteiger partial charge in [-0.05, 0) is 46.1 Å². The minimum absolute atomic E-state index is 0.0805. The molecule has 1 N–H and O–H groups in total. The Morgan fingerprint density at radius 2 is 2.06 bits per heavy atom. The van der Waals surface area contributed by atoms with Crippen LogP contribution in [0.3, 0.4) is 0 Å². The number of aromatic nitrogens is 1. The van der Waals surface area contributed by atoms with E-state index in [1.54, 1.807) is 4.88 Å². The fourth-order valence-electron chi connectivity index (χ4n) is 2.66. The van der Waals surface area contributed by atoms with Crippen molar-refractivity contribution < 1.29 is 0 Å². The van der Waals surface area contributed by atoms with E-state index in [1.807, 2.05) is 11.3 Å². The van der Waals surface area contributed by atoms with Crippen LogP contribution in [-0.2, 0) is 18.4 Å². The molecule has 0 aliphatic heterocycles. The van der Waals surface area contributed by atoms with Crippen LogP contribution in [-0.4, -0.2) is 12.0 Å². The lowest BCUT2D eigenvalue weighted by Crippen LogP contribution is -2.36. The van der Waals surface area contributed by atoms with Gasteiger partial charge in [0.1, 0.15) is 5.01 Å². The average Bonchev–Trinajstić information content (AvgIpc) is 2.83. The van der Waals surface area contributed by atoms with Gasteiger partial charge in [-0.25, -0.2) is 4.98 Å². The Morgan fingerprint density at radius 1 is 1.28 bits per heavy atom. The first-order valence-corrected chi connectivity index (χ1v) is 8.19. The van der Waals surface area contributed by atoms with Crippen LogP contribution in [0.5, 0.6) is 0 Å². The molecule has 0 amide bonds. The Morgan fingerprint density at radius 3 is 2.72 bits per heavy atom. The largest absolute Gasteiger partial charge is 0.309 e. The third kappa shape index (κ3) is 2.94. The topological polar surface area (TPSA) is 24.9 Å². The first-order valence-electron chi connectivity index (χ1n) is 7.37. The summed E-state index contributed by atoms with van der Waals surface area (Å²) in [5.41, 5.74) is 1.47. The molecule has 18 heavy (non-hydrogen) atoms. The van der Waals surface area contributed by atoms with Crippen LogP contribution in [0.25, 0.3) is 0 Å². The molecule has 1 atom stereocenters. The highest BCUT2D eigenvalue weighted by atomic mass is 32.1. The zero-order valence-electron chi connectivity index (χ0n) is 12.0. The van der Waals surface area contributed by atoms with Crippen LogP contribution in [0.2, 0.25) is 0 Å². The van der Waals surface area contributed by atoms with Gasteiger partial charge < -0.3 is 5.32 Å². The summed E-state index contributed by atoms with van der Waals surface area (Å²) in [5.74, 6) is 0. The molecule has 1 unspecified atom stereocenters. The molecular formula is C15H26N2S. The lowest BCUT2D eigenvalue weighted by Gasteiger charge is -2.27. The van der Waals surface area contributed by atoms with Crippen molar-refractivity contribution in [1.82, 2.24) is 10.3 Å². The molecule has 0 bridgehead atoms. The lowest BCUT2D eigenvalue weighted by atomic mass is 9.95. The summed E-state index contributed by atoms with van der Waals surface area (Å²) in [6.07, 6.45) is 10.2. The highest BCUT2D eigenvalue weighted by Gasteiger charge is 2.29. The van der Waals surface area contributed by atoms with Gasteiger partial charge in [-0.3, -0.25) is 0 Å². The van der Waals surface area contributed by atoms with Crippen molar-refractivity contribution in [3.63, 3.8) is 0 Å². The minimum atomic E-state index is 0.0805. The molecule has 1 aromatic rings. The van der Waals surface area contributed by atoms with E-state index in [0.29, 0.717) is 0 Å². The summed E-state index contributed by atoms with van der Waals surface area (Å²) in [6.45, 7) is 4.58. The van der Waals surface area contributed by atoms with E-state index in [2.05, 4.69) is 26.2 Å². The quantitative estimate of drug-likeness (QED) is 0.786. The van der Waals surface area contributed by atoms with Crippen molar-refractivity contribution in [2.45, 2.75) is 70.8 Å². The summed E-state index contributed by atoms with van der Waals surface area (Å²) in [5, 5.41) is 4.82. The molecule has 0 radical (unpaired) electrons. The number of nitrogens with zero attached hydrogens (tertiary/aromatic N) is 1. The lowest BCUT2D eigenvalue weighted by molar-refractivity contribution is 0.351. The molecule has 0 fully saturated rings. The zero-order chi connectivity index (χ0) is 13.0. The Labute approximate surface area is 115 Å². The molecule has 0 saturated carbocycles. The van der Waals surface area contributed by atoms with E-state index in [0.717, 1.165) is 0 Å². The number of hydrogen-bond donors (Lipinski definition) is 1. The predicted octanol–water partition coefficient (Wildman–Crippen LogP) is 4.04. The SMILES string of the molecule is CCCCCC(C)(NC)c1nc2c(s1)CCCC2. The second-order valence-corrected chi connectivity index (χ2v) is 6.72. The number of nitrogens with one attached hydrogen (secondary N) is 1. The maximum atomic E-state index is 4.93. The first kappa shape index (κ1) is 14.0. The molecule has 0 saturated heterocycles. The molecule has 2 nitrogen and oxygen atoms in total. The van der Waals surface area contributed by atoms with Crippen molar-refractivity contribution in [1.29, 1.82) is 0 Å². The standard InChI is InChI=1S/C15H26N2S/c1-4-5-8-11-15(2,16-3)14-17-12-9-6-7-10-13(12)18-14/h16H,4-11H2,1-3H3. The molecule has 1 aliphatic carbocycles. The third-order valence-electron chi connectivity index (χ3n) is 4.15. The van der Waals surface area contributed by atoms with Crippen molar-refractivity contribution in [3.05, 3.63) is 15.6 Å². The van der Waals surface area contributed by atoms with Crippen LogP contribution in [0, 0.1) is 0 Å². The number of fused-ring (bicyclic) bond motifs is 1. The molecule has 1 aliphatic rings. The molecule has 0 aromatic carbocycles. The van der Waals surface area contributed by atoms with Crippen LogP contribution in [0.1, 0.15) is 68.0 Å². The number of thiazole rings is 1. The van der Waals surface area contributed by atoms with Gasteiger partial charge in [0.05, 0.1) is 11.2 Å². The van der Waals surface area contributed by atoms with Crippen molar-refractivity contribution >= 4 is 11.3 Å². The summed E-state index contributed by atoms with van der Waals surface area (Å²) < 4.78 is 0. The highest BCUT2D eigenvalue weighted by Crippen LogP contribution is 2.35. The number of aryl methyl sites for hydroxylation is 2. The minimum Gasteiger partial charge on any atom is -0.309 e. The predicted molar refractivity (Wildman–Crippen MR) is 79.3 cm³/mol. The number of unbranched alkanes of at least 4 members (excludes halogenated alkanes) is 2. The van der Waals surface area contributed by atoms with Crippen LogP contribution >= 0.6 is 11.3 Å². The van der Waals surface area contributed by atoms with Gasteiger partial charge in [0.2, 0.25) is 0 Å². The monoisotopic (exact) mass is 266 g/mol. The molecule has 102 valence electrons.